The van der Waals surface area contributed by atoms with Crippen molar-refractivity contribution in [2.75, 3.05) is 26.3 Å². The van der Waals surface area contributed by atoms with E-state index in [2.05, 4.69) is 45.8 Å². The van der Waals surface area contributed by atoms with E-state index in [0.717, 1.165) is 61.8 Å². The fraction of sp³-hybridized carbons (Fsp3) is 0.400. The van der Waals surface area contributed by atoms with Crippen molar-refractivity contribution in [1.82, 2.24) is 24.9 Å². The SMILES string of the molecule is O=C1CCC(N2Cc3cc(O[C@H]4CCN(Cc5cnn(-c6cccc(C7COC7)c6)c5)C4)ccc3C2=O)C(=O)N1. The van der Waals surface area contributed by atoms with Gasteiger partial charge in [-0.1, -0.05) is 12.1 Å². The lowest BCUT2D eigenvalue weighted by molar-refractivity contribution is -0.136. The molecule has 0 aliphatic carbocycles. The molecule has 1 unspecified atom stereocenters. The molecule has 2 atom stereocenters. The van der Waals surface area contributed by atoms with E-state index in [-0.39, 0.29) is 24.3 Å². The number of rotatable bonds is 7. The number of hydrogen-bond donors (Lipinski definition) is 1. The van der Waals surface area contributed by atoms with Gasteiger partial charge in [0.15, 0.2) is 0 Å². The highest BCUT2D eigenvalue weighted by atomic mass is 16.5. The van der Waals surface area contributed by atoms with E-state index in [1.807, 2.05) is 23.0 Å². The fourth-order valence-electron chi connectivity index (χ4n) is 6.04. The molecule has 3 saturated heterocycles. The molecule has 3 fully saturated rings. The second-order valence-electron chi connectivity index (χ2n) is 11.1. The van der Waals surface area contributed by atoms with Gasteiger partial charge in [0.2, 0.25) is 11.8 Å². The average Bonchev–Trinajstić information content (AvgIpc) is 3.63. The van der Waals surface area contributed by atoms with Gasteiger partial charge < -0.3 is 14.4 Å². The molecule has 7 rings (SSSR count). The Morgan fingerprint density at radius 3 is 2.80 bits per heavy atom. The van der Waals surface area contributed by atoms with E-state index in [9.17, 15) is 14.4 Å². The average molecular weight is 542 g/mol. The first-order valence-electron chi connectivity index (χ1n) is 13.9. The number of hydrogen-bond acceptors (Lipinski definition) is 7. The summed E-state index contributed by atoms with van der Waals surface area (Å²) in [5.74, 6) is 0.348. The summed E-state index contributed by atoms with van der Waals surface area (Å²) in [4.78, 5) is 40.7. The van der Waals surface area contributed by atoms with Crippen molar-refractivity contribution in [3.8, 4) is 11.4 Å². The quantitative estimate of drug-likeness (QED) is 0.458. The van der Waals surface area contributed by atoms with Crippen molar-refractivity contribution in [3.05, 3.63) is 77.1 Å². The minimum atomic E-state index is -0.615. The molecule has 4 aliphatic rings. The molecule has 3 aromatic rings. The van der Waals surface area contributed by atoms with Gasteiger partial charge in [0.1, 0.15) is 17.9 Å². The molecular formula is C30H31N5O5. The zero-order valence-corrected chi connectivity index (χ0v) is 22.1. The van der Waals surface area contributed by atoms with E-state index in [1.165, 1.54) is 5.56 Å². The minimum absolute atomic E-state index is 0.0535. The largest absolute Gasteiger partial charge is 0.489 e. The molecule has 4 aliphatic heterocycles. The molecule has 206 valence electrons. The first-order chi connectivity index (χ1) is 19.5. The number of ether oxygens (including phenoxy) is 2. The van der Waals surface area contributed by atoms with Crippen molar-refractivity contribution in [2.45, 2.75) is 50.4 Å². The normalized spacial score (nSPS) is 23.3. The number of nitrogens with one attached hydrogen (secondary N) is 1. The van der Waals surface area contributed by atoms with Crippen molar-refractivity contribution >= 4 is 17.7 Å². The van der Waals surface area contributed by atoms with E-state index < -0.39 is 11.9 Å². The van der Waals surface area contributed by atoms with Crippen LogP contribution in [-0.4, -0.2) is 75.8 Å². The Hall–Kier alpha value is -4.02. The summed E-state index contributed by atoms with van der Waals surface area (Å²) in [5, 5.41) is 6.95. The van der Waals surface area contributed by atoms with E-state index >= 15 is 0 Å². The second kappa shape index (κ2) is 10.2. The number of fused-ring (bicyclic) bond motifs is 1. The summed E-state index contributed by atoms with van der Waals surface area (Å²) in [5.41, 5.74) is 4.95. The van der Waals surface area contributed by atoms with Gasteiger partial charge in [0, 0.05) is 55.8 Å². The second-order valence-corrected chi connectivity index (χ2v) is 11.1. The van der Waals surface area contributed by atoms with Crippen molar-refractivity contribution in [2.24, 2.45) is 0 Å². The maximum absolute atomic E-state index is 13.0. The zero-order valence-electron chi connectivity index (χ0n) is 22.1. The molecule has 5 heterocycles. The number of likely N-dealkylation sites (tertiary alicyclic amines) is 1. The number of amides is 3. The van der Waals surface area contributed by atoms with Gasteiger partial charge in [-0.25, -0.2) is 4.68 Å². The number of benzene rings is 2. The van der Waals surface area contributed by atoms with E-state index in [1.54, 1.807) is 11.0 Å². The van der Waals surface area contributed by atoms with Gasteiger partial charge in [-0.05, 0) is 54.3 Å². The van der Waals surface area contributed by atoms with Crippen LogP contribution in [0.2, 0.25) is 0 Å². The number of aromatic nitrogens is 2. The zero-order chi connectivity index (χ0) is 27.2. The summed E-state index contributed by atoms with van der Waals surface area (Å²) in [6, 6.07) is 13.4. The van der Waals surface area contributed by atoms with Crippen molar-refractivity contribution < 1.29 is 23.9 Å². The van der Waals surface area contributed by atoms with Crippen LogP contribution in [0.1, 0.15) is 52.2 Å². The Bertz CT molecular complexity index is 1480. The Kier molecular flexibility index (Phi) is 6.36. The predicted octanol–water partition coefficient (Wildman–Crippen LogP) is 2.40. The first-order valence-corrected chi connectivity index (χ1v) is 13.9. The molecule has 40 heavy (non-hydrogen) atoms. The van der Waals surface area contributed by atoms with Crippen molar-refractivity contribution in [1.29, 1.82) is 0 Å². The van der Waals surface area contributed by atoms with Crippen LogP contribution in [-0.2, 0) is 27.4 Å². The van der Waals surface area contributed by atoms with Gasteiger partial charge in [0.05, 0.1) is 25.1 Å². The number of imide groups is 1. The Labute approximate surface area is 231 Å². The van der Waals surface area contributed by atoms with Gasteiger partial charge in [-0.3, -0.25) is 24.6 Å². The lowest BCUT2D eigenvalue weighted by Gasteiger charge is -2.29. The summed E-state index contributed by atoms with van der Waals surface area (Å²) in [6.07, 6.45) is 5.59. The van der Waals surface area contributed by atoms with Crippen molar-refractivity contribution in [3.63, 3.8) is 0 Å². The highest BCUT2D eigenvalue weighted by Crippen LogP contribution is 2.31. The number of carbonyl (C=O) groups is 3. The monoisotopic (exact) mass is 541 g/mol. The third-order valence-corrected chi connectivity index (χ3v) is 8.31. The third-order valence-electron chi connectivity index (χ3n) is 8.31. The number of nitrogens with zero attached hydrogens (tertiary/aromatic N) is 4. The molecular weight excluding hydrogens is 510 g/mol. The summed E-state index contributed by atoms with van der Waals surface area (Å²) >= 11 is 0. The maximum Gasteiger partial charge on any atom is 0.255 e. The van der Waals surface area contributed by atoms with Crippen LogP contribution in [0.5, 0.6) is 5.75 Å². The minimum Gasteiger partial charge on any atom is -0.489 e. The molecule has 1 aromatic heterocycles. The van der Waals surface area contributed by atoms with Gasteiger partial charge in [0.25, 0.3) is 5.91 Å². The van der Waals surface area contributed by atoms with Crippen LogP contribution in [0.25, 0.3) is 5.69 Å². The standard InChI is InChI=1S/C30H31N5O5/c36-28-7-6-27(29(37)32-28)34-15-21-11-24(4-5-26(21)30(34)38)40-25-8-9-33(16-25)13-19-12-31-35(14-19)23-3-1-2-20(10-23)22-17-39-18-22/h1-5,10-12,14,22,25,27H,6-9,13,15-18H2,(H,32,36,37)/t25-,27?/m0/s1. The first kappa shape index (κ1) is 25.0. The molecule has 0 spiro atoms. The molecule has 3 amide bonds. The van der Waals surface area contributed by atoms with Crippen LogP contribution in [0, 0.1) is 0 Å². The molecule has 10 nitrogen and oxygen atoms in total. The summed E-state index contributed by atoms with van der Waals surface area (Å²) in [6.45, 7) is 4.46. The van der Waals surface area contributed by atoms with Crippen LogP contribution in [0.3, 0.4) is 0 Å². The fourth-order valence-corrected chi connectivity index (χ4v) is 6.04. The highest BCUT2D eigenvalue weighted by Gasteiger charge is 2.39. The Morgan fingerprint density at radius 2 is 1.98 bits per heavy atom. The van der Waals surface area contributed by atoms with Gasteiger partial charge in [-0.15, -0.1) is 0 Å². The molecule has 10 heteroatoms. The smallest absolute Gasteiger partial charge is 0.255 e. The molecule has 0 saturated carbocycles. The van der Waals surface area contributed by atoms with Crippen LogP contribution < -0.4 is 10.1 Å². The van der Waals surface area contributed by atoms with Gasteiger partial charge in [-0.2, -0.15) is 5.10 Å². The van der Waals surface area contributed by atoms with E-state index in [0.29, 0.717) is 24.4 Å². The molecule has 1 N–H and O–H groups in total. The maximum atomic E-state index is 13.0. The van der Waals surface area contributed by atoms with E-state index in [4.69, 9.17) is 9.47 Å². The molecule has 0 radical (unpaired) electrons. The van der Waals surface area contributed by atoms with Gasteiger partial charge >= 0.3 is 0 Å². The predicted molar refractivity (Wildman–Crippen MR) is 144 cm³/mol. The summed E-state index contributed by atoms with van der Waals surface area (Å²) in [7, 11) is 0. The summed E-state index contributed by atoms with van der Waals surface area (Å²) < 4.78 is 13.6. The number of carbonyl (C=O) groups excluding carboxylic acids is 3. The lowest BCUT2D eigenvalue weighted by atomic mass is 9.97. The molecule has 0 bridgehead atoms. The molecule has 2 aromatic carbocycles. The Morgan fingerprint density at radius 1 is 1.07 bits per heavy atom. The van der Waals surface area contributed by atoms with Crippen LogP contribution in [0.4, 0.5) is 0 Å². The van der Waals surface area contributed by atoms with Crippen LogP contribution in [0.15, 0.2) is 54.9 Å². The lowest BCUT2D eigenvalue weighted by Crippen LogP contribution is -2.52. The third kappa shape index (κ3) is 4.77. The Balaban J connectivity index is 0.952. The topological polar surface area (TPSA) is 106 Å². The van der Waals surface area contributed by atoms with Crippen LogP contribution >= 0.6 is 0 Å². The number of piperidine rings is 1. The highest BCUT2D eigenvalue weighted by molar-refractivity contribution is 6.05.